The molecular weight excluding hydrogens is 402 g/mol. The molecule has 0 saturated heterocycles. The average Bonchev–Trinajstić information content (AvgIpc) is 3.17. The van der Waals surface area contributed by atoms with E-state index in [1.165, 1.54) is 11.1 Å². The van der Waals surface area contributed by atoms with Gasteiger partial charge in [0.25, 0.3) is 5.91 Å². The summed E-state index contributed by atoms with van der Waals surface area (Å²) in [5, 5.41) is 3.08. The number of para-hydroxylation sites is 2. The summed E-state index contributed by atoms with van der Waals surface area (Å²) in [5.74, 6) is 1.70. The third kappa shape index (κ3) is 4.30. The van der Waals surface area contributed by atoms with Crippen LogP contribution in [0.3, 0.4) is 0 Å². The van der Waals surface area contributed by atoms with E-state index < -0.39 is 0 Å². The first-order valence-corrected chi connectivity index (χ1v) is 10.5. The van der Waals surface area contributed by atoms with E-state index in [2.05, 4.69) is 47.1 Å². The predicted octanol–water partition coefficient (Wildman–Crippen LogP) is 4.90. The fourth-order valence-corrected chi connectivity index (χ4v) is 3.91. The Bertz CT molecular complexity index is 1260. The molecule has 4 rings (SSSR count). The maximum atomic E-state index is 13.0. The van der Waals surface area contributed by atoms with E-state index in [4.69, 9.17) is 14.5 Å². The molecule has 1 unspecified atom stereocenters. The fourth-order valence-electron chi connectivity index (χ4n) is 3.91. The van der Waals surface area contributed by atoms with Crippen LogP contribution in [0.25, 0.3) is 11.0 Å². The lowest BCUT2D eigenvalue weighted by atomic mass is 10.1. The largest absolute Gasteiger partial charge is 0.493 e. The number of fused-ring (bicyclic) bond motifs is 1. The van der Waals surface area contributed by atoms with E-state index in [0.29, 0.717) is 23.6 Å². The summed E-state index contributed by atoms with van der Waals surface area (Å²) in [5.41, 5.74) is 4.84. The maximum absolute atomic E-state index is 13.0. The van der Waals surface area contributed by atoms with Gasteiger partial charge < -0.3 is 19.4 Å². The van der Waals surface area contributed by atoms with Gasteiger partial charge in [0, 0.05) is 12.1 Å². The predicted molar refractivity (Wildman–Crippen MR) is 125 cm³/mol. The Hall–Kier alpha value is -3.80. The van der Waals surface area contributed by atoms with Gasteiger partial charge in [0.1, 0.15) is 5.82 Å². The van der Waals surface area contributed by atoms with Gasteiger partial charge in [-0.25, -0.2) is 4.98 Å². The number of nitrogens with zero attached hydrogens (tertiary/aromatic N) is 2. The van der Waals surface area contributed by atoms with E-state index in [-0.39, 0.29) is 11.9 Å². The van der Waals surface area contributed by atoms with Gasteiger partial charge in [-0.15, -0.1) is 0 Å². The number of hydrogen-bond donors (Lipinski definition) is 1. The highest BCUT2D eigenvalue weighted by Gasteiger charge is 2.20. The fraction of sp³-hybridized carbons (Fsp3) is 0.231. The van der Waals surface area contributed by atoms with Crippen molar-refractivity contribution in [1.29, 1.82) is 0 Å². The number of imidazole rings is 1. The molecule has 1 atom stereocenters. The van der Waals surface area contributed by atoms with Crippen molar-refractivity contribution < 1.29 is 14.3 Å². The number of carbonyl (C=O) groups is 1. The molecule has 0 aliphatic carbocycles. The van der Waals surface area contributed by atoms with Crippen molar-refractivity contribution in [1.82, 2.24) is 14.9 Å². The van der Waals surface area contributed by atoms with Crippen LogP contribution in [0.1, 0.15) is 40.3 Å². The summed E-state index contributed by atoms with van der Waals surface area (Å²) >= 11 is 0. The molecule has 0 aliphatic heterocycles. The second kappa shape index (κ2) is 9.14. The van der Waals surface area contributed by atoms with Crippen LogP contribution in [0.4, 0.5) is 0 Å². The van der Waals surface area contributed by atoms with Crippen LogP contribution in [0.5, 0.6) is 11.5 Å². The van der Waals surface area contributed by atoms with Crippen LogP contribution in [-0.2, 0) is 6.54 Å². The highest BCUT2D eigenvalue weighted by molar-refractivity contribution is 5.95. The molecule has 1 aromatic heterocycles. The first kappa shape index (κ1) is 21.4. The van der Waals surface area contributed by atoms with Crippen molar-refractivity contribution in [2.75, 3.05) is 14.2 Å². The molecule has 0 fully saturated rings. The van der Waals surface area contributed by atoms with E-state index in [1.54, 1.807) is 32.4 Å². The highest BCUT2D eigenvalue weighted by Crippen LogP contribution is 2.28. The number of hydrogen-bond acceptors (Lipinski definition) is 4. The number of methoxy groups -OCH3 is 2. The minimum Gasteiger partial charge on any atom is -0.493 e. The number of nitrogens with one attached hydrogen (secondary N) is 1. The summed E-state index contributed by atoms with van der Waals surface area (Å²) in [6.07, 6.45) is 0. The molecular formula is C26H27N3O3. The zero-order valence-corrected chi connectivity index (χ0v) is 18.8. The van der Waals surface area contributed by atoms with Crippen molar-refractivity contribution in [3.8, 4) is 11.5 Å². The zero-order chi connectivity index (χ0) is 22.7. The normalized spacial score (nSPS) is 11.9. The van der Waals surface area contributed by atoms with Gasteiger partial charge in [0.2, 0.25) is 0 Å². The number of amides is 1. The lowest BCUT2D eigenvalue weighted by Gasteiger charge is -2.17. The Morgan fingerprint density at radius 1 is 1.00 bits per heavy atom. The lowest BCUT2D eigenvalue weighted by molar-refractivity contribution is 0.0937. The third-order valence-corrected chi connectivity index (χ3v) is 5.49. The van der Waals surface area contributed by atoms with Crippen LogP contribution < -0.4 is 14.8 Å². The van der Waals surface area contributed by atoms with E-state index >= 15 is 0 Å². The molecule has 6 nitrogen and oxygen atoms in total. The molecule has 32 heavy (non-hydrogen) atoms. The lowest BCUT2D eigenvalue weighted by Crippen LogP contribution is -2.29. The van der Waals surface area contributed by atoms with Crippen molar-refractivity contribution in [3.63, 3.8) is 0 Å². The Kier molecular flexibility index (Phi) is 6.12. The van der Waals surface area contributed by atoms with Gasteiger partial charge in [-0.1, -0.05) is 42.0 Å². The SMILES string of the molecule is COc1ccc(C(=O)NC(C)c2nc3ccccc3n2Cc2cccc(C)c2)cc1OC. The molecule has 1 heterocycles. The second-order valence-electron chi connectivity index (χ2n) is 7.80. The van der Waals surface area contributed by atoms with Crippen molar-refractivity contribution in [3.05, 3.63) is 89.2 Å². The minimum atomic E-state index is -0.298. The molecule has 0 bridgehead atoms. The maximum Gasteiger partial charge on any atom is 0.251 e. The third-order valence-electron chi connectivity index (χ3n) is 5.49. The van der Waals surface area contributed by atoms with Crippen LogP contribution in [0.15, 0.2) is 66.7 Å². The molecule has 0 aliphatic rings. The Labute approximate surface area is 187 Å². The topological polar surface area (TPSA) is 65.4 Å². The molecule has 0 saturated carbocycles. The van der Waals surface area contributed by atoms with Gasteiger partial charge in [0.05, 0.1) is 31.3 Å². The molecule has 0 spiro atoms. The summed E-state index contributed by atoms with van der Waals surface area (Å²) in [4.78, 5) is 17.8. The van der Waals surface area contributed by atoms with Crippen LogP contribution in [-0.4, -0.2) is 29.7 Å². The molecule has 3 aromatic carbocycles. The summed E-state index contributed by atoms with van der Waals surface area (Å²) in [7, 11) is 3.12. The Morgan fingerprint density at radius 2 is 1.78 bits per heavy atom. The molecule has 1 amide bonds. The molecule has 4 aromatic rings. The number of aryl methyl sites for hydroxylation is 1. The van der Waals surface area contributed by atoms with Gasteiger partial charge in [-0.05, 0) is 49.7 Å². The highest BCUT2D eigenvalue weighted by atomic mass is 16.5. The van der Waals surface area contributed by atoms with E-state index in [0.717, 1.165) is 16.9 Å². The minimum absolute atomic E-state index is 0.201. The number of rotatable bonds is 7. The van der Waals surface area contributed by atoms with Crippen molar-refractivity contribution in [2.45, 2.75) is 26.4 Å². The summed E-state index contributed by atoms with van der Waals surface area (Å²) in [6.45, 7) is 4.71. The van der Waals surface area contributed by atoms with Crippen molar-refractivity contribution in [2.24, 2.45) is 0 Å². The van der Waals surface area contributed by atoms with Crippen LogP contribution in [0.2, 0.25) is 0 Å². The van der Waals surface area contributed by atoms with Gasteiger partial charge in [0.15, 0.2) is 11.5 Å². The van der Waals surface area contributed by atoms with Gasteiger partial charge in [-0.2, -0.15) is 0 Å². The Morgan fingerprint density at radius 3 is 2.53 bits per heavy atom. The van der Waals surface area contributed by atoms with Crippen LogP contribution >= 0.6 is 0 Å². The standard InChI is InChI=1S/C26H27N3O3/c1-17-8-7-9-19(14-17)16-29-22-11-6-5-10-21(22)28-25(29)18(2)27-26(30)20-12-13-23(31-3)24(15-20)32-4/h5-15,18H,16H2,1-4H3,(H,27,30). The number of ether oxygens (including phenoxy) is 2. The van der Waals surface area contributed by atoms with E-state index in [9.17, 15) is 4.79 Å². The zero-order valence-electron chi connectivity index (χ0n) is 18.8. The van der Waals surface area contributed by atoms with Crippen LogP contribution in [0, 0.1) is 6.92 Å². The first-order valence-electron chi connectivity index (χ1n) is 10.5. The Balaban J connectivity index is 1.65. The smallest absolute Gasteiger partial charge is 0.251 e. The molecule has 164 valence electrons. The number of carbonyl (C=O) groups excluding carboxylic acids is 1. The summed E-state index contributed by atoms with van der Waals surface area (Å²) in [6, 6.07) is 21.3. The molecule has 0 radical (unpaired) electrons. The number of aromatic nitrogens is 2. The monoisotopic (exact) mass is 429 g/mol. The number of benzene rings is 3. The average molecular weight is 430 g/mol. The molecule has 1 N–H and O–H groups in total. The van der Waals surface area contributed by atoms with Gasteiger partial charge >= 0.3 is 0 Å². The summed E-state index contributed by atoms with van der Waals surface area (Å²) < 4.78 is 12.8. The van der Waals surface area contributed by atoms with Gasteiger partial charge in [-0.3, -0.25) is 4.79 Å². The quantitative estimate of drug-likeness (QED) is 0.454. The van der Waals surface area contributed by atoms with E-state index in [1.807, 2.05) is 25.1 Å². The molecule has 6 heteroatoms. The van der Waals surface area contributed by atoms with Crippen molar-refractivity contribution >= 4 is 16.9 Å². The first-order chi connectivity index (χ1) is 15.5. The second-order valence-corrected chi connectivity index (χ2v) is 7.80.